The van der Waals surface area contributed by atoms with Gasteiger partial charge in [-0.25, -0.2) is 4.39 Å². The van der Waals surface area contributed by atoms with Crippen LogP contribution in [-0.4, -0.2) is 16.1 Å². The first kappa shape index (κ1) is 8.68. The van der Waals surface area contributed by atoms with Gasteiger partial charge in [-0.05, 0) is 19.1 Å². The number of aromatic amines is 1. The largest absolute Gasteiger partial charge is 0.366 e. The summed E-state index contributed by atoms with van der Waals surface area (Å²) in [6.45, 7) is 1.75. The van der Waals surface area contributed by atoms with E-state index in [1.54, 1.807) is 6.92 Å². The van der Waals surface area contributed by atoms with E-state index >= 15 is 0 Å². The highest BCUT2D eigenvalue weighted by Crippen LogP contribution is 2.19. The average Bonchev–Trinajstić information content (AvgIpc) is 2.46. The molecule has 14 heavy (non-hydrogen) atoms. The summed E-state index contributed by atoms with van der Waals surface area (Å²) >= 11 is 0. The van der Waals surface area contributed by atoms with Gasteiger partial charge in [-0.15, -0.1) is 0 Å². The number of aryl methyl sites for hydroxylation is 1. The molecule has 0 radical (unpaired) electrons. The number of benzene rings is 1. The Hall–Kier alpha value is -1.91. The molecule has 1 aromatic heterocycles. The molecule has 4 nitrogen and oxygen atoms in total. The van der Waals surface area contributed by atoms with Crippen LogP contribution < -0.4 is 5.73 Å². The number of primary amides is 1. The molecule has 0 fully saturated rings. The van der Waals surface area contributed by atoms with E-state index in [-0.39, 0.29) is 5.56 Å². The maximum absolute atomic E-state index is 13.3. The number of fused-ring (bicyclic) bond motifs is 1. The van der Waals surface area contributed by atoms with E-state index in [1.807, 2.05) is 0 Å². The van der Waals surface area contributed by atoms with Crippen molar-refractivity contribution >= 4 is 16.8 Å². The van der Waals surface area contributed by atoms with Crippen LogP contribution in [-0.2, 0) is 0 Å². The van der Waals surface area contributed by atoms with Crippen molar-refractivity contribution in [3.63, 3.8) is 0 Å². The number of rotatable bonds is 1. The zero-order valence-electron chi connectivity index (χ0n) is 7.47. The Morgan fingerprint density at radius 3 is 2.93 bits per heavy atom. The third kappa shape index (κ3) is 1.14. The molecule has 0 aliphatic rings. The van der Waals surface area contributed by atoms with Gasteiger partial charge in [-0.3, -0.25) is 9.89 Å². The van der Waals surface area contributed by atoms with Crippen molar-refractivity contribution in [2.75, 3.05) is 0 Å². The first-order valence-corrected chi connectivity index (χ1v) is 4.03. The molecular weight excluding hydrogens is 185 g/mol. The number of nitrogens with zero attached hydrogens (tertiary/aromatic N) is 1. The Morgan fingerprint density at radius 2 is 2.29 bits per heavy atom. The molecule has 0 saturated carbocycles. The number of nitrogens with two attached hydrogens (primary N) is 1. The lowest BCUT2D eigenvalue weighted by atomic mass is 10.1. The molecule has 1 heterocycles. The highest BCUT2D eigenvalue weighted by Gasteiger charge is 2.11. The number of halogens is 1. The molecule has 5 heteroatoms. The summed E-state index contributed by atoms with van der Waals surface area (Å²) in [6, 6.07) is 2.63. The van der Waals surface area contributed by atoms with Crippen LogP contribution in [0.15, 0.2) is 12.1 Å². The molecule has 2 rings (SSSR count). The van der Waals surface area contributed by atoms with Gasteiger partial charge in [0.2, 0.25) is 0 Å². The molecule has 72 valence electrons. The molecule has 0 spiro atoms. The van der Waals surface area contributed by atoms with E-state index in [2.05, 4.69) is 10.2 Å². The van der Waals surface area contributed by atoms with Gasteiger partial charge in [0, 0.05) is 5.39 Å². The zero-order chi connectivity index (χ0) is 10.3. The highest BCUT2D eigenvalue weighted by atomic mass is 19.1. The van der Waals surface area contributed by atoms with Crippen molar-refractivity contribution in [3.05, 3.63) is 29.2 Å². The second-order valence-electron chi connectivity index (χ2n) is 3.05. The van der Waals surface area contributed by atoms with Crippen molar-refractivity contribution in [3.8, 4) is 0 Å². The van der Waals surface area contributed by atoms with Gasteiger partial charge in [-0.1, -0.05) is 0 Å². The molecule has 3 N–H and O–H groups in total. The van der Waals surface area contributed by atoms with E-state index in [0.717, 1.165) is 0 Å². The van der Waals surface area contributed by atoms with E-state index in [1.165, 1.54) is 12.1 Å². The maximum atomic E-state index is 13.3. The van der Waals surface area contributed by atoms with Gasteiger partial charge in [0.15, 0.2) is 0 Å². The predicted octanol–water partition coefficient (Wildman–Crippen LogP) is 1.11. The third-order valence-corrected chi connectivity index (χ3v) is 2.11. The molecule has 0 unspecified atom stereocenters. The minimum atomic E-state index is -0.781. The van der Waals surface area contributed by atoms with Gasteiger partial charge < -0.3 is 5.73 Å². The fourth-order valence-electron chi connectivity index (χ4n) is 1.36. The van der Waals surface area contributed by atoms with Crippen LogP contribution in [0.4, 0.5) is 4.39 Å². The summed E-state index contributed by atoms with van der Waals surface area (Å²) < 4.78 is 13.3. The van der Waals surface area contributed by atoms with E-state index < -0.39 is 11.7 Å². The average molecular weight is 193 g/mol. The van der Waals surface area contributed by atoms with E-state index in [4.69, 9.17) is 5.73 Å². The number of hydrogen-bond acceptors (Lipinski definition) is 2. The molecule has 2 aromatic rings. The van der Waals surface area contributed by atoms with Crippen LogP contribution in [0.5, 0.6) is 0 Å². The van der Waals surface area contributed by atoms with Crippen LogP contribution in [0.25, 0.3) is 10.9 Å². The summed E-state index contributed by atoms with van der Waals surface area (Å²) in [5.74, 6) is -1.40. The molecule has 0 aliphatic heterocycles. The highest BCUT2D eigenvalue weighted by molar-refractivity contribution is 5.97. The topological polar surface area (TPSA) is 71.8 Å². The number of carbonyl (C=O) groups is 1. The first-order valence-electron chi connectivity index (χ1n) is 4.03. The Bertz CT molecular complexity index is 518. The summed E-state index contributed by atoms with van der Waals surface area (Å²) in [5, 5.41) is 7.24. The van der Waals surface area contributed by atoms with Gasteiger partial charge in [0.25, 0.3) is 5.91 Å². The Morgan fingerprint density at radius 1 is 1.57 bits per heavy atom. The van der Waals surface area contributed by atoms with Gasteiger partial charge in [0.05, 0.1) is 16.8 Å². The van der Waals surface area contributed by atoms with Crippen LogP contribution >= 0.6 is 0 Å². The lowest BCUT2D eigenvalue weighted by Gasteiger charge is -1.98. The molecule has 1 amide bonds. The number of carbonyl (C=O) groups excluding carboxylic acids is 1. The number of nitrogens with one attached hydrogen (secondary N) is 1. The molecule has 0 saturated heterocycles. The van der Waals surface area contributed by atoms with Crippen LogP contribution in [0.2, 0.25) is 0 Å². The predicted molar refractivity (Wildman–Crippen MR) is 49.3 cm³/mol. The maximum Gasteiger partial charge on any atom is 0.251 e. The molecule has 0 atom stereocenters. The fourth-order valence-corrected chi connectivity index (χ4v) is 1.36. The Balaban J connectivity index is 2.79. The van der Waals surface area contributed by atoms with Crippen molar-refractivity contribution in [2.24, 2.45) is 5.73 Å². The smallest absolute Gasteiger partial charge is 0.251 e. The summed E-state index contributed by atoms with van der Waals surface area (Å²) in [7, 11) is 0. The number of amides is 1. The van der Waals surface area contributed by atoms with E-state index in [0.29, 0.717) is 16.6 Å². The van der Waals surface area contributed by atoms with E-state index in [9.17, 15) is 9.18 Å². The second kappa shape index (κ2) is 2.80. The summed E-state index contributed by atoms with van der Waals surface area (Å²) in [4.78, 5) is 10.8. The minimum Gasteiger partial charge on any atom is -0.366 e. The first-order chi connectivity index (χ1) is 6.59. The monoisotopic (exact) mass is 193 g/mol. The minimum absolute atomic E-state index is 0.124. The quantitative estimate of drug-likeness (QED) is 0.712. The van der Waals surface area contributed by atoms with Crippen LogP contribution in [0, 0.1) is 12.7 Å². The standard InChI is InChI=1S/C9H8FN3O/c1-4-5-2-7(10)6(9(11)14)3-8(5)13-12-4/h2-3H,1H3,(H2,11,14)(H,12,13). The van der Waals surface area contributed by atoms with Crippen molar-refractivity contribution in [1.29, 1.82) is 0 Å². The van der Waals surface area contributed by atoms with Gasteiger partial charge in [0.1, 0.15) is 5.82 Å². The van der Waals surface area contributed by atoms with Gasteiger partial charge in [-0.2, -0.15) is 5.10 Å². The van der Waals surface area contributed by atoms with Crippen molar-refractivity contribution in [2.45, 2.75) is 6.92 Å². The van der Waals surface area contributed by atoms with Crippen LogP contribution in [0.1, 0.15) is 16.1 Å². The number of aromatic nitrogens is 2. The lowest BCUT2D eigenvalue weighted by Crippen LogP contribution is -2.12. The normalized spacial score (nSPS) is 10.7. The number of H-pyrrole nitrogens is 1. The third-order valence-electron chi connectivity index (χ3n) is 2.11. The van der Waals surface area contributed by atoms with Gasteiger partial charge >= 0.3 is 0 Å². The van der Waals surface area contributed by atoms with Crippen molar-refractivity contribution < 1.29 is 9.18 Å². The van der Waals surface area contributed by atoms with Crippen LogP contribution in [0.3, 0.4) is 0 Å². The summed E-state index contributed by atoms with van der Waals surface area (Å²) in [5.41, 5.74) is 6.17. The Labute approximate surface area is 78.9 Å². The molecular formula is C9H8FN3O. The lowest BCUT2D eigenvalue weighted by molar-refractivity contribution is 0.0996. The number of hydrogen-bond donors (Lipinski definition) is 2. The Kier molecular flexibility index (Phi) is 1.73. The molecule has 0 aliphatic carbocycles. The second-order valence-corrected chi connectivity index (χ2v) is 3.05. The SMILES string of the molecule is Cc1n[nH]c2cc(C(N)=O)c(F)cc12. The zero-order valence-corrected chi connectivity index (χ0v) is 7.47. The molecule has 0 bridgehead atoms. The fraction of sp³-hybridized carbons (Fsp3) is 0.111. The summed E-state index contributed by atoms with van der Waals surface area (Å²) in [6.07, 6.45) is 0. The molecule has 1 aromatic carbocycles. The van der Waals surface area contributed by atoms with Crippen molar-refractivity contribution in [1.82, 2.24) is 10.2 Å².